The maximum atomic E-state index is 8.45. The topological polar surface area (TPSA) is 49.7 Å². The molecule has 0 aliphatic rings. The minimum atomic E-state index is -2.14. The largest absolute Gasteiger partial charge is 0.328 e. The van der Waals surface area contributed by atoms with Crippen LogP contribution in [0.2, 0.25) is 0 Å². The van der Waals surface area contributed by atoms with Gasteiger partial charge < -0.3 is 14.3 Å². The molecule has 0 saturated heterocycles. The zero-order valence-electron chi connectivity index (χ0n) is 16.1. The van der Waals surface area contributed by atoms with Crippen molar-refractivity contribution < 1.29 is 14.3 Å². The molecule has 2 rings (SSSR count). The van der Waals surface area contributed by atoms with E-state index in [1.54, 1.807) is 0 Å². The van der Waals surface area contributed by atoms with Crippen LogP contribution < -0.4 is 0 Å². The average Bonchev–Trinajstić information content (AvgIpc) is 2.65. The molecule has 2 aromatic carbocycles. The highest BCUT2D eigenvalue weighted by molar-refractivity contribution is 7.39. The highest BCUT2D eigenvalue weighted by Gasteiger charge is 1.98. The minimum absolute atomic E-state index is 0.475. The summed E-state index contributed by atoms with van der Waals surface area (Å²) < 4.78 is 4.66. The summed E-state index contributed by atoms with van der Waals surface area (Å²) in [5.74, 6) is 0.811. The lowest BCUT2D eigenvalue weighted by atomic mass is 10.0. The van der Waals surface area contributed by atoms with Crippen LogP contribution >= 0.6 is 8.60 Å². The molecule has 0 aromatic heterocycles. The second-order valence-corrected chi connectivity index (χ2v) is 7.53. The van der Waals surface area contributed by atoms with E-state index >= 15 is 0 Å². The van der Waals surface area contributed by atoms with Crippen LogP contribution in [0, 0.1) is 5.92 Å². The summed E-state index contributed by atoms with van der Waals surface area (Å²) in [5.41, 5.74) is 2.55. The summed E-state index contributed by atoms with van der Waals surface area (Å²) in [6.07, 6.45) is 7.19. The Hall–Kier alpha value is -1.25. The molecular weight excluding hydrogens is 343 g/mol. The summed E-state index contributed by atoms with van der Waals surface area (Å²) in [4.78, 5) is 16.9. The van der Waals surface area contributed by atoms with Gasteiger partial charge in [0.2, 0.25) is 0 Å². The highest BCUT2D eigenvalue weighted by Crippen LogP contribution is 2.24. The van der Waals surface area contributed by atoms with Crippen LogP contribution in [0.1, 0.15) is 52.4 Å². The van der Waals surface area contributed by atoms with Crippen molar-refractivity contribution in [1.82, 2.24) is 0 Å². The third-order valence-electron chi connectivity index (χ3n) is 4.01. The molecule has 4 heteroatoms. The number of hydrogen-bond donors (Lipinski definition) is 2. The molecule has 0 spiro atoms. The molecule has 0 amide bonds. The minimum Gasteiger partial charge on any atom is -0.328 e. The Labute approximate surface area is 160 Å². The van der Waals surface area contributed by atoms with Crippen LogP contribution in [0.5, 0.6) is 0 Å². The lowest BCUT2D eigenvalue weighted by Gasteiger charge is -2.05. The monoisotopic (exact) mass is 376 g/mol. The molecule has 2 N–H and O–H groups in total. The average molecular weight is 376 g/mol. The Morgan fingerprint density at radius 2 is 1.19 bits per heavy atom. The van der Waals surface area contributed by atoms with Gasteiger partial charge in [0.1, 0.15) is 0 Å². The fraction of sp³-hybridized carbons (Fsp3) is 0.455. The van der Waals surface area contributed by atoms with Crippen molar-refractivity contribution in [3.63, 3.8) is 0 Å². The first kappa shape index (κ1) is 22.8. The molecule has 0 atom stereocenters. The van der Waals surface area contributed by atoms with Crippen LogP contribution in [-0.2, 0) is 4.52 Å². The summed E-state index contributed by atoms with van der Waals surface area (Å²) in [5, 5.41) is 0. The molecule has 0 saturated carbocycles. The predicted molar refractivity (Wildman–Crippen MR) is 112 cm³/mol. The van der Waals surface area contributed by atoms with Crippen LogP contribution in [0.3, 0.4) is 0 Å². The van der Waals surface area contributed by atoms with Gasteiger partial charge in [0.25, 0.3) is 0 Å². The number of unbranched alkanes of at least 4 members (excludes halogenated alkanes) is 4. The van der Waals surface area contributed by atoms with Gasteiger partial charge >= 0.3 is 8.60 Å². The lowest BCUT2D eigenvalue weighted by molar-refractivity contribution is 0.248. The second kappa shape index (κ2) is 14.9. The molecule has 144 valence electrons. The van der Waals surface area contributed by atoms with Gasteiger partial charge in [0, 0.05) is 0 Å². The third kappa shape index (κ3) is 12.2. The van der Waals surface area contributed by atoms with Gasteiger partial charge in [-0.2, -0.15) is 0 Å². The van der Waals surface area contributed by atoms with Crippen LogP contribution in [0.4, 0.5) is 0 Å². The molecule has 0 fully saturated rings. The molecule has 0 aliphatic carbocycles. The van der Waals surface area contributed by atoms with Crippen molar-refractivity contribution in [2.45, 2.75) is 52.4 Å². The predicted octanol–water partition coefficient (Wildman–Crippen LogP) is 6.56. The zero-order chi connectivity index (χ0) is 19.0. The van der Waals surface area contributed by atoms with Gasteiger partial charge in [-0.15, -0.1) is 0 Å². The van der Waals surface area contributed by atoms with Crippen molar-refractivity contribution in [3.8, 4) is 11.1 Å². The Morgan fingerprint density at radius 1 is 0.731 bits per heavy atom. The van der Waals surface area contributed by atoms with E-state index in [4.69, 9.17) is 9.79 Å². The second-order valence-electron chi connectivity index (χ2n) is 6.77. The Morgan fingerprint density at radius 3 is 1.65 bits per heavy atom. The van der Waals surface area contributed by atoms with Gasteiger partial charge in [-0.3, -0.25) is 0 Å². The lowest BCUT2D eigenvalue weighted by Crippen LogP contribution is -1.90. The summed E-state index contributed by atoms with van der Waals surface area (Å²) >= 11 is 0. The number of rotatable bonds is 10. The summed E-state index contributed by atoms with van der Waals surface area (Å²) in [6, 6.07) is 20.8. The molecule has 26 heavy (non-hydrogen) atoms. The SMILES string of the molecule is CC(C)CCCCCCCOP(O)O.c1ccc(-c2ccccc2)cc1. The first-order valence-electron chi connectivity index (χ1n) is 9.51. The molecule has 0 unspecified atom stereocenters. The fourth-order valence-corrected chi connectivity index (χ4v) is 2.88. The maximum Gasteiger partial charge on any atom is 0.327 e. The number of hydrogen-bond acceptors (Lipinski definition) is 3. The Balaban J connectivity index is 0.000000262. The van der Waals surface area contributed by atoms with E-state index in [2.05, 4.69) is 66.9 Å². The summed E-state index contributed by atoms with van der Waals surface area (Å²) in [6.45, 7) is 4.97. The molecular formula is C22H33O3P. The molecule has 0 aliphatic heterocycles. The Kier molecular flexibility index (Phi) is 13.0. The van der Waals surface area contributed by atoms with E-state index in [0.29, 0.717) is 6.61 Å². The fourth-order valence-electron chi connectivity index (χ4n) is 2.59. The molecule has 3 nitrogen and oxygen atoms in total. The van der Waals surface area contributed by atoms with Crippen LogP contribution in [-0.4, -0.2) is 16.4 Å². The van der Waals surface area contributed by atoms with Gasteiger partial charge in [-0.25, -0.2) is 0 Å². The normalized spacial score (nSPS) is 10.7. The van der Waals surface area contributed by atoms with Gasteiger partial charge in [0.05, 0.1) is 6.61 Å². The first-order chi connectivity index (χ1) is 12.6. The maximum absolute atomic E-state index is 8.45. The van der Waals surface area contributed by atoms with Crippen molar-refractivity contribution in [2.75, 3.05) is 6.61 Å². The Bertz CT molecular complexity index is 492. The quantitative estimate of drug-likeness (QED) is 0.364. The van der Waals surface area contributed by atoms with Gasteiger partial charge in [-0.05, 0) is 23.5 Å². The van der Waals surface area contributed by atoms with Crippen molar-refractivity contribution in [1.29, 1.82) is 0 Å². The zero-order valence-corrected chi connectivity index (χ0v) is 16.9. The smallest absolute Gasteiger partial charge is 0.327 e. The first-order valence-corrected chi connectivity index (χ1v) is 10.7. The van der Waals surface area contributed by atoms with E-state index in [9.17, 15) is 0 Å². The van der Waals surface area contributed by atoms with Crippen molar-refractivity contribution in [2.24, 2.45) is 5.92 Å². The van der Waals surface area contributed by atoms with Crippen molar-refractivity contribution >= 4 is 8.60 Å². The summed E-state index contributed by atoms with van der Waals surface area (Å²) in [7, 11) is -2.14. The van der Waals surface area contributed by atoms with E-state index < -0.39 is 8.60 Å². The molecule has 0 radical (unpaired) electrons. The number of benzene rings is 2. The van der Waals surface area contributed by atoms with E-state index in [1.165, 1.54) is 36.8 Å². The van der Waals surface area contributed by atoms with Crippen molar-refractivity contribution in [3.05, 3.63) is 60.7 Å². The van der Waals surface area contributed by atoms with E-state index in [-0.39, 0.29) is 0 Å². The van der Waals surface area contributed by atoms with E-state index in [1.807, 2.05) is 12.1 Å². The van der Waals surface area contributed by atoms with Crippen LogP contribution in [0.25, 0.3) is 11.1 Å². The standard InChI is InChI=1S/C12H10.C10H23O3P/c1-3-7-11(8-4-1)12-9-5-2-6-10-12;1-10(2)8-6-4-3-5-7-9-13-14(11)12/h1-10H;10-12H,3-9H2,1-2H3. The van der Waals surface area contributed by atoms with Gasteiger partial charge in [-0.1, -0.05) is 107 Å². The van der Waals surface area contributed by atoms with Gasteiger partial charge in [0.15, 0.2) is 0 Å². The van der Waals surface area contributed by atoms with E-state index in [0.717, 1.165) is 18.8 Å². The van der Waals surface area contributed by atoms with Crippen LogP contribution in [0.15, 0.2) is 60.7 Å². The highest BCUT2D eigenvalue weighted by atomic mass is 31.2. The third-order valence-corrected chi connectivity index (χ3v) is 4.43. The molecule has 0 heterocycles. The molecule has 2 aromatic rings. The molecule has 0 bridgehead atoms.